The van der Waals surface area contributed by atoms with Gasteiger partial charge in [-0.2, -0.15) is 0 Å². The molecule has 10 nitrogen and oxygen atoms in total. The number of carbonyl (C=O) groups is 4. The maximum atomic E-state index is 11.7. The highest BCUT2D eigenvalue weighted by atomic mass is 16.7. The van der Waals surface area contributed by atoms with Crippen molar-refractivity contribution in [3.63, 3.8) is 0 Å². The van der Waals surface area contributed by atoms with Gasteiger partial charge in [0.1, 0.15) is 18.8 Å². The first-order chi connectivity index (χ1) is 13.5. The smallest absolute Gasteiger partial charge is 0.304 e. The van der Waals surface area contributed by atoms with E-state index in [1.54, 1.807) is 0 Å². The van der Waals surface area contributed by atoms with E-state index in [0.717, 1.165) is 5.57 Å². The van der Waals surface area contributed by atoms with Gasteiger partial charge in [0.2, 0.25) is 6.29 Å². The summed E-state index contributed by atoms with van der Waals surface area (Å²) < 4.78 is 26.7. The standard InChI is InChI=1S/C19H29NO9/c1-10(2)7-8-20-16-18(27-13(5)23)17(26-12(4)22)15(9-25-11(3)21)29-19(16)28-14(6)24/h7,15-20H,8-9H2,1-6H3/t15-,16-,17-,18-,19-/m1/s1. The molecule has 0 aliphatic carbocycles. The third-order valence-corrected chi connectivity index (χ3v) is 3.85. The van der Waals surface area contributed by atoms with Gasteiger partial charge in [0.15, 0.2) is 12.2 Å². The molecule has 0 unspecified atom stereocenters. The van der Waals surface area contributed by atoms with Gasteiger partial charge in [0, 0.05) is 34.2 Å². The number of esters is 4. The third kappa shape index (κ3) is 8.61. The summed E-state index contributed by atoms with van der Waals surface area (Å²) in [5.41, 5.74) is 1.03. The lowest BCUT2D eigenvalue weighted by molar-refractivity contribution is -0.271. The predicted octanol–water partition coefficient (Wildman–Crippen LogP) is 0.625. The van der Waals surface area contributed by atoms with Crippen molar-refractivity contribution in [2.24, 2.45) is 0 Å². The Balaban J connectivity index is 3.27. The molecule has 0 saturated carbocycles. The van der Waals surface area contributed by atoms with Crippen molar-refractivity contribution in [2.45, 2.75) is 72.2 Å². The van der Waals surface area contributed by atoms with E-state index in [9.17, 15) is 19.2 Å². The zero-order valence-corrected chi connectivity index (χ0v) is 17.6. The van der Waals surface area contributed by atoms with E-state index in [-0.39, 0.29) is 6.61 Å². The summed E-state index contributed by atoms with van der Waals surface area (Å²) in [5.74, 6) is -2.47. The molecule has 1 aliphatic rings. The summed E-state index contributed by atoms with van der Waals surface area (Å²) >= 11 is 0. The van der Waals surface area contributed by atoms with Crippen molar-refractivity contribution < 1.29 is 42.9 Å². The highest BCUT2D eigenvalue weighted by Gasteiger charge is 2.51. The Kier molecular flexibility index (Phi) is 9.76. The minimum Gasteiger partial charge on any atom is -0.463 e. The van der Waals surface area contributed by atoms with Crippen molar-refractivity contribution in [2.75, 3.05) is 13.2 Å². The van der Waals surface area contributed by atoms with Gasteiger partial charge in [-0.05, 0) is 13.8 Å². The Bertz CT molecular complexity index is 642. The van der Waals surface area contributed by atoms with Crippen LogP contribution in [0.2, 0.25) is 0 Å². The van der Waals surface area contributed by atoms with Crippen molar-refractivity contribution in [3.05, 3.63) is 11.6 Å². The van der Waals surface area contributed by atoms with Crippen LogP contribution in [0.4, 0.5) is 0 Å². The second-order valence-electron chi connectivity index (χ2n) is 6.82. The van der Waals surface area contributed by atoms with Crippen LogP contribution < -0.4 is 5.32 Å². The van der Waals surface area contributed by atoms with E-state index in [4.69, 9.17) is 23.7 Å². The number of rotatable bonds is 8. The summed E-state index contributed by atoms with van der Waals surface area (Å²) in [6, 6.07) is -0.837. The second kappa shape index (κ2) is 11.5. The number of carbonyl (C=O) groups excluding carboxylic acids is 4. The van der Waals surface area contributed by atoms with Crippen LogP contribution in [0.25, 0.3) is 0 Å². The lowest BCUT2D eigenvalue weighted by Gasteiger charge is -2.44. The average molecular weight is 415 g/mol. The molecule has 1 aliphatic heterocycles. The zero-order chi connectivity index (χ0) is 22.1. The van der Waals surface area contributed by atoms with Gasteiger partial charge in [-0.15, -0.1) is 0 Å². The van der Waals surface area contributed by atoms with Crippen LogP contribution in [-0.4, -0.2) is 67.7 Å². The monoisotopic (exact) mass is 415 g/mol. The fourth-order valence-electron chi connectivity index (χ4n) is 2.78. The maximum absolute atomic E-state index is 11.7. The van der Waals surface area contributed by atoms with Crippen LogP contribution in [-0.2, 0) is 42.9 Å². The van der Waals surface area contributed by atoms with E-state index in [0.29, 0.717) is 6.54 Å². The molecule has 10 heteroatoms. The lowest BCUT2D eigenvalue weighted by Crippen LogP contribution is -2.66. The third-order valence-electron chi connectivity index (χ3n) is 3.85. The molecule has 0 amide bonds. The van der Waals surface area contributed by atoms with Crippen molar-refractivity contribution in [3.8, 4) is 0 Å². The highest BCUT2D eigenvalue weighted by Crippen LogP contribution is 2.28. The van der Waals surface area contributed by atoms with Gasteiger partial charge in [-0.25, -0.2) is 0 Å². The summed E-state index contributed by atoms with van der Waals surface area (Å²) in [6.45, 7) is 8.69. The summed E-state index contributed by atoms with van der Waals surface area (Å²) in [6.07, 6.45) is -2.46. The minimum absolute atomic E-state index is 0.288. The molecule has 0 radical (unpaired) electrons. The van der Waals surface area contributed by atoms with Crippen LogP contribution in [0.3, 0.4) is 0 Å². The van der Waals surface area contributed by atoms with Gasteiger partial charge >= 0.3 is 23.9 Å². The Morgan fingerprint density at radius 3 is 1.86 bits per heavy atom. The first-order valence-electron chi connectivity index (χ1n) is 9.18. The van der Waals surface area contributed by atoms with Crippen LogP contribution in [0.15, 0.2) is 11.6 Å². The van der Waals surface area contributed by atoms with E-state index >= 15 is 0 Å². The normalized spacial score (nSPS) is 26.1. The van der Waals surface area contributed by atoms with E-state index in [1.165, 1.54) is 27.7 Å². The summed E-state index contributed by atoms with van der Waals surface area (Å²) in [4.78, 5) is 46.2. The van der Waals surface area contributed by atoms with Gasteiger partial charge in [-0.1, -0.05) is 11.6 Å². The van der Waals surface area contributed by atoms with Gasteiger partial charge < -0.3 is 29.0 Å². The summed E-state index contributed by atoms with van der Waals surface area (Å²) in [7, 11) is 0. The fourth-order valence-corrected chi connectivity index (χ4v) is 2.78. The van der Waals surface area contributed by atoms with Crippen LogP contribution in [0, 0.1) is 0 Å². The van der Waals surface area contributed by atoms with Gasteiger partial charge in [-0.3, -0.25) is 19.2 Å². The first-order valence-corrected chi connectivity index (χ1v) is 9.18. The first kappa shape index (κ1) is 24.6. The van der Waals surface area contributed by atoms with Gasteiger partial charge in [0.25, 0.3) is 0 Å². The Morgan fingerprint density at radius 1 is 0.828 bits per heavy atom. The van der Waals surface area contributed by atoms with Crippen LogP contribution in [0.5, 0.6) is 0 Å². The van der Waals surface area contributed by atoms with Crippen molar-refractivity contribution in [1.29, 1.82) is 0 Å². The number of hydrogen-bond acceptors (Lipinski definition) is 10. The van der Waals surface area contributed by atoms with Crippen molar-refractivity contribution in [1.82, 2.24) is 5.32 Å². The van der Waals surface area contributed by atoms with Crippen molar-refractivity contribution >= 4 is 23.9 Å². The molecule has 1 N–H and O–H groups in total. The Morgan fingerprint density at radius 2 is 1.38 bits per heavy atom. The molecular weight excluding hydrogens is 386 g/mol. The number of hydrogen-bond donors (Lipinski definition) is 1. The molecule has 0 aromatic carbocycles. The molecular formula is C19H29NO9. The van der Waals surface area contributed by atoms with Crippen LogP contribution in [0.1, 0.15) is 41.5 Å². The second-order valence-corrected chi connectivity index (χ2v) is 6.82. The Labute approximate surface area is 169 Å². The Hall–Kier alpha value is -2.46. The zero-order valence-electron chi connectivity index (χ0n) is 17.6. The number of allylic oxidation sites excluding steroid dienone is 1. The molecule has 1 saturated heterocycles. The largest absolute Gasteiger partial charge is 0.463 e. The fraction of sp³-hybridized carbons (Fsp3) is 0.684. The quantitative estimate of drug-likeness (QED) is 0.342. The molecule has 29 heavy (non-hydrogen) atoms. The molecule has 0 bridgehead atoms. The molecule has 5 atom stereocenters. The molecule has 1 fully saturated rings. The SMILES string of the molecule is CC(=O)OC[C@H]1O[C@@H](OC(C)=O)[C@H](NCC=C(C)C)[C@@H](OC(C)=O)[C@@H]1OC(C)=O. The topological polar surface area (TPSA) is 126 Å². The lowest BCUT2D eigenvalue weighted by atomic mass is 9.96. The maximum Gasteiger partial charge on any atom is 0.304 e. The molecule has 0 aromatic heterocycles. The molecule has 0 aromatic rings. The molecule has 1 rings (SSSR count). The average Bonchev–Trinajstić information content (AvgIpc) is 2.56. The highest BCUT2D eigenvalue weighted by molar-refractivity contribution is 5.68. The summed E-state index contributed by atoms with van der Waals surface area (Å²) in [5, 5.41) is 3.10. The molecule has 1 heterocycles. The predicted molar refractivity (Wildman–Crippen MR) is 99.4 cm³/mol. The minimum atomic E-state index is -1.17. The molecule has 164 valence electrons. The van der Waals surface area contributed by atoms with E-state index < -0.39 is 54.5 Å². The molecule has 0 spiro atoms. The number of ether oxygens (including phenoxy) is 5. The van der Waals surface area contributed by atoms with Gasteiger partial charge in [0.05, 0.1) is 0 Å². The van der Waals surface area contributed by atoms with E-state index in [1.807, 2.05) is 19.9 Å². The number of nitrogens with one attached hydrogen (secondary N) is 1. The van der Waals surface area contributed by atoms with E-state index in [2.05, 4.69) is 5.32 Å². The van der Waals surface area contributed by atoms with Crippen LogP contribution >= 0.6 is 0 Å².